The van der Waals surface area contributed by atoms with E-state index in [-0.39, 0.29) is 17.4 Å². The second kappa shape index (κ2) is 5.09. The number of hydrogen-bond donors (Lipinski definition) is 1. The van der Waals surface area contributed by atoms with Gasteiger partial charge < -0.3 is 14.6 Å². The minimum absolute atomic E-state index is 0.0538. The van der Waals surface area contributed by atoms with Gasteiger partial charge in [0.05, 0.1) is 6.61 Å². The van der Waals surface area contributed by atoms with Crippen molar-refractivity contribution in [1.82, 2.24) is 0 Å². The van der Waals surface area contributed by atoms with Gasteiger partial charge >= 0.3 is 6.18 Å². The van der Waals surface area contributed by atoms with Crippen LogP contribution in [0.15, 0.2) is 11.3 Å². The second-order valence-electron chi connectivity index (χ2n) is 7.48. The predicted octanol–water partition coefficient (Wildman–Crippen LogP) is 3.04. The van der Waals surface area contributed by atoms with E-state index in [1.807, 2.05) is 0 Å². The van der Waals surface area contributed by atoms with E-state index in [1.165, 1.54) is 0 Å². The fraction of sp³-hybridized carbons (Fsp3) is 0.875. The van der Waals surface area contributed by atoms with Gasteiger partial charge in [-0.05, 0) is 32.1 Å². The molecular weight excluding hydrogens is 329 g/mol. The van der Waals surface area contributed by atoms with Crippen molar-refractivity contribution in [2.45, 2.75) is 63.4 Å². The predicted molar refractivity (Wildman–Crippen MR) is 74.0 cm³/mol. The van der Waals surface area contributed by atoms with Gasteiger partial charge in [-0.15, -0.1) is 0 Å². The Kier molecular flexibility index (Phi) is 3.53. The number of alkyl halides is 3. The molecule has 0 aromatic carbocycles. The van der Waals surface area contributed by atoms with Crippen molar-refractivity contribution < 1.29 is 37.5 Å². The fourth-order valence-corrected chi connectivity index (χ4v) is 4.92. The molecule has 5 rings (SSSR count). The van der Waals surface area contributed by atoms with Crippen LogP contribution in [0.25, 0.3) is 0 Å². The van der Waals surface area contributed by atoms with Gasteiger partial charge in [0.1, 0.15) is 0 Å². The zero-order valence-corrected chi connectivity index (χ0v) is 13.6. The van der Waals surface area contributed by atoms with Gasteiger partial charge in [0, 0.05) is 23.8 Å². The number of hydrogen-bond acceptors (Lipinski definition) is 5. The maximum absolute atomic E-state index is 13.5. The molecule has 4 fully saturated rings. The minimum Gasteiger partial charge on any atom is -0.456 e. The zero-order chi connectivity index (χ0) is 17.3. The first-order valence-corrected chi connectivity index (χ1v) is 8.33. The molecule has 6 atom stereocenters. The summed E-state index contributed by atoms with van der Waals surface area (Å²) in [6, 6.07) is 0. The van der Waals surface area contributed by atoms with Crippen molar-refractivity contribution in [3.05, 3.63) is 11.3 Å². The Balaban J connectivity index is 1.88. The van der Waals surface area contributed by atoms with Crippen LogP contribution >= 0.6 is 0 Å². The SMILES string of the molecule is C[C@@H]1CC[C@H]2C(CO)=C(C(F)(F)F)O[C@@H]3OC4(C)CCC1[C@]32OO4. The molecule has 4 aliphatic heterocycles. The number of rotatable bonds is 1. The fourth-order valence-electron chi connectivity index (χ4n) is 4.92. The first kappa shape index (κ1) is 16.6. The molecule has 0 amide bonds. The number of allylic oxidation sites excluding steroid dienone is 1. The first-order valence-electron chi connectivity index (χ1n) is 8.33. The Morgan fingerprint density at radius 2 is 1.96 bits per heavy atom. The molecule has 136 valence electrons. The van der Waals surface area contributed by atoms with Crippen LogP contribution in [-0.4, -0.2) is 35.6 Å². The molecule has 5 aliphatic rings. The summed E-state index contributed by atoms with van der Waals surface area (Å²) in [5.41, 5.74) is -1.30. The average Bonchev–Trinajstić information content (AvgIpc) is 2.74. The Bertz CT molecular complexity index is 577. The van der Waals surface area contributed by atoms with Crippen molar-refractivity contribution in [3.63, 3.8) is 0 Å². The van der Waals surface area contributed by atoms with Gasteiger partial charge in [-0.1, -0.05) is 6.92 Å². The summed E-state index contributed by atoms with van der Waals surface area (Å²) in [5, 5.41) is 9.66. The molecule has 2 bridgehead atoms. The lowest BCUT2D eigenvalue weighted by molar-refractivity contribution is -0.557. The highest BCUT2D eigenvalue weighted by molar-refractivity contribution is 5.28. The summed E-state index contributed by atoms with van der Waals surface area (Å²) >= 11 is 0. The van der Waals surface area contributed by atoms with Crippen LogP contribution in [0.2, 0.25) is 0 Å². The van der Waals surface area contributed by atoms with Crippen LogP contribution in [0.5, 0.6) is 0 Å². The van der Waals surface area contributed by atoms with Crippen molar-refractivity contribution in [2.24, 2.45) is 17.8 Å². The monoisotopic (exact) mass is 350 g/mol. The third-order valence-electron chi connectivity index (χ3n) is 6.08. The van der Waals surface area contributed by atoms with Gasteiger partial charge in [0.15, 0.2) is 5.60 Å². The molecule has 2 unspecified atom stereocenters. The van der Waals surface area contributed by atoms with Crippen LogP contribution < -0.4 is 0 Å². The molecule has 4 heterocycles. The second-order valence-corrected chi connectivity index (χ2v) is 7.48. The third kappa shape index (κ3) is 2.09. The highest BCUT2D eigenvalue weighted by atomic mass is 19.4. The largest absolute Gasteiger partial charge is 0.456 e. The van der Waals surface area contributed by atoms with Crippen LogP contribution in [-0.2, 0) is 19.2 Å². The van der Waals surface area contributed by atoms with E-state index in [2.05, 4.69) is 6.92 Å². The first-order chi connectivity index (χ1) is 11.2. The van der Waals surface area contributed by atoms with E-state index < -0.39 is 42.1 Å². The van der Waals surface area contributed by atoms with Gasteiger partial charge in [0.2, 0.25) is 17.8 Å². The summed E-state index contributed by atoms with van der Waals surface area (Å²) in [5.74, 6) is -2.71. The van der Waals surface area contributed by atoms with Crippen molar-refractivity contribution in [2.75, 3.05) is 6.61 Å². The summed E-state index contributed by atoms with van der Waals surface area (Å²) in [7, 11) is 0. The quantitative estimate of drug-likeness (QED) is 0.737. The van der Waals surface area contributed by atoms with Crippen molar-refractivity contribution >= 4 is 0 Å². The lowest BCUT2D eigenvalue weighted by atomic mass is 9.59. The van der Waals surface area contributed by atoms with E-state index in [9.17, 15) is 18.3 Å². The molecule has 0 aromatic rings. The van der Waals surface area contributed by atoms with E-state index >= 15 is 0 Å². The lowest BCUT2D eigenvalue weighted by Crippen LogP contribution is -2.67. The standard InChI is InChI=1S/C16H21F3O5/c1-8-3-4-11-9(7-20)12(16(17,18)19)21-13-15(11)10(8)5-6-14(2,22-13)23-24-15/h8,10-11,13,20H,3-7H2,1-2H3/t8-,10?,11+,13-,14?,15-/m1/s1. The summed E-state index contributed by atoms with van der Waals surface area (Å²) in [6.07, 6.45) is -3.41. The molecule has 8 heteroatoms. The molecule has 1 aliphatic carbocycles. The number of halogens is 3. The average molecular weight is 350 g/mol. The minimum atomic E-state index is -4.69. The smallest absolute Gasteiger partial charge is 0.449 e. The van der Waals surface area contributed by atoms with Gasteiger partial charge in [-0.2, -0.15) is 13.2 Å². The van der Waals surface area contributed by atoms with Crippen LogP contribution in [0.4, 0.5) is 13.2 Å². The van der Waals surface area contributed by atoms with E-state index in [1.54, 1.807) is 6.92 Å². The molecular formula is C16H21F3O5. The number of aliphatic hydroxyl groups excluding tert-OH is 1. The molecule has 0 aromatic heterocycles. The zero-order valence-electron chi connectivity index (χ0n) is 13.6. The molecule has 24 heavy (non-hydrogen) atoms. The Morgan fingerprint density at radius 3 is 2.62 bits per heavy atom. The molecule has 1 saturated carbocycles. The maximum Gasteiger partial charge on any atom is 0.449 e. The Hall–Kier alpha value is -0.830. The molecule has 3 saturated heterocycles. The molecule has 0 radical (unpaired) electrons. The highest BCUT2D eigenvalue weighted by Crippen LogP contribution is 2.61. The summed E-state index contributed by atoms with van der Waals surface area (Å²) < 4.78 is 51.5. The summed E-state index contributed by atoms with van der Waals surface area (Å²) in [6.45, 7) is 2.99. The maximum atomic E-state index is 13.5. The Labute approximate surface area is 137 Å². The molecule has 1 spiro atoms. The summed E-state index contributed by atoms with van der Waals surface area (Å²) in [4.78, 5) is 11.2. The van der Waals surface area contributed by atoms with Crippen LogP contribution in [0.1, 0.15) is 39.5 Å². The van der Waals surface area contributed by atoms with Crippen LogP contribution in [0, 0.1) is 17.8 Å². The molecule has 1 N–H and O–H groups in total. The Morgan fingerprint density at radius 1 is 1.21 bits per heavy atom. The topological polar surface area (TPSA) is 57.2 Å². The van der Waals surface area contributed by atoms with Gasteiger partial charge in [0.25, 0.3) is 0 Å². The van der Waals surface area contributed by atoms with Crippen molar-refractivity contribution in [3.8, 4) is 0 Å². The van der Waals surface area contributed by atoms with E-state index in [4.69, 9.17) is 19.2 Å². The normalized spacial score (nSPS) is 47.9. The third-order valence-corrected chi connectivity index (χ3v) is 6.08. The lowest BCUT2D eigenvalue weighted by Gasteiger charge is -2.57. The van der Waals surface area contributed by atoms with Gasteiger partial charge in [-0.25, -0.2) is 9.78 Å². The van der Waals surface area contributed by atoms with Crippen molar-refractivity contribution in [1.29, 1.82) is 0 Å². The number of ether oxygens (including phenoxy) is 2. The highest BCUT2D eigenvalue weighted by Gasteiger charge is 2.70. The van der Waals surface area contributed by atoms with E-state index in [0.717, 1.165) is 6.42 Å². The van der Waals surface area contributed by atoms with Gasteiger partial charge in [-0.3, -0.25) is 0 Å². The molecule has 5 nitrogen and oxygen atoms in total. The number of fused-ring (bicyclic) bond motifs is 2. The van der Waals surface area contributed by atoms with Crippen LogP contribution in [0.3, 0.4) is 0 Å². The van der Waals surface area contributed by atoms with E-state index in [0.29, 0.717) is 19.3 Å². The number of aliphatic hydroxyl groups is 1.